The van der Waals surface area contributed by atoms with Gasteiger partial charge in [-0.2, -0.15) is 0 Å². The van der Waals surface area contributed by atoms with E-state index in [4.69, 9.17) is 4.74 Å². The Kier molecular flexibility index (Phi) is 3.30. The van der Waals surface area contributed by atoms with Gasteiger partial charge in [0.2, 0.25) is 0 Å². The normalized spacial score (nSPS) is 29.2. The third-order valence-corrected chi connectivity index (χ3v) is 5.56. The molecular formula is C14H17NO4S. The molecule has 3 rings (SSSR count). The minimum Gasteiger partial charge on any atom is -0.465 e. The van der Waals surface area contributed by atoms with E-state index in [1.54, 1.807) is 0 Å². The van der Waals surface area contributed by atoms with Crippen molar-refractivity contribution in [3.8, 4) is 0 Å². The molecule has 0 unspecified atom stereocenters. The van der Waals surface area contributed by atoms with Gasteiger partial charge in [0.25, 0.3) is 0 Å². The van der Waals surface area contributed by atoms with Crippen molar-refractivity contribution in [2.24, 2.45) is 0 Å². The first kappa shape index (κ1) is 13.6. The van der Waals surface area contributed by atoms with E-state index in [1.165, 1.54) is 21.8 Å². The molecule has 1 aromatic heterocycles. The van der Waals surface area contributed by atoms with Gasteiger partial charge in [-0.15, -0.1) is 11.3 Å². The van der Waals surface area contributed by atoms with Crippen LogP contribution < -0.4 is 0 Å². The third kappa shape index (κ3) is 2.03. The number of carbonyl (C=O) groups is 2. The van der Waals surface area contributed by atoms with Gasteiger partial charge < -0.3 is 14.7 Å². The molecule has 3 heterocycles. The highest BCUT2D eigenvalue weighted by atomic mass is 32.1. The van der Waals surface area contributed by atoms with Gasteiger partial charge in [0.1, 0.15) is 5.60 Å². The number of nitrogens with zero attached hydrogens (tertiary/aromatic N) is 1. The zero-order valence-corrected chi connectivity index (χ0v) is 12.1. The van der Waals surface area contributed by atoms with Crippen LogP contribution in [0.1, 0.15) is 39.9 Å². The number of amides is 1. The molecule has 108 valence electrons. The van der Waals surface area contributed by atoms with Crippen molar-refractivity contribution in [3.05, 3.63) is 21.4 Å². The van der Waals surface area contributed by atoms with E-state index < -0.39 is 11.7 Å². The first-order valence-corrected chi connectivity index (χ1v) is 7.59. The number of rotatable bonds is 1. The molecule has 2 atom stereocenters. The molecule has 1 amide bonds. The van der Waals surface area contributed by atoms with E-state index in [9.17, 15) is 14.7 Å². The van der Waals surface area contributed by atoms with Crippen molar-refractivity contribution in [1.82, 2.24) is 4.90 Å². The second kappa shape index (κ2) is 4.86. The molecule has 1 fully saturated rings. The summed E-state index contributed by atoms with van der Waals surface area (Å²) in [7, 11) is 0. The molecule has 0 saturated carbocycles. The summed E-state index contributed by atoms with van der Waals surface area (Å²) in [6.07, 6.45) is 2.16. The van der Waals surface area contributed by atoms with Gasteiger partial charge in [0, 0.05) is 23.9 Å². The Morgan fingerprint density at radius 2 is 2.45 bits per heavy atom. The number of aldehydes is 1. The van der Waals surface area contributed by atoms with Gasteiger partial charge in [-0.1, -0.05) is 0 Å². The Balaban J connectivity index is 1.93. The fraction of sp³-hybridized carbons (Fsp3) is 0.571. The monoisotopic (exact) mass is 295 g/mol. The van der Waals surface area contributed by atoms with Gasteiger partial charge in [0.15, 0.2) is 6.29 Å². The van der Waals surface area contributed by atoms with E-state index in [0.29, 0.717) is 26.0 Å². The van der Waals surface area contributed by atoms with Crippen LogP contribution in [0, 0.1) is 0 Å². The van der Waals surface area contributed by atoms with Crippen LogP contribution in [-0.4, -0.2) is 41.6 Å². The van der Waals surface area contributed by atoms with Crippen LogP contribution in [0.5, 0.6) is 0 Å². The zero-order chi connectivity index (χ0) is 14.3. The number of hydrogen-bond donors (Lipinski definition) is 1. The first-order chi connectivity index (χ1) is 9.55. The predicted molar refractivity (Wildman–Crippen MR) is 74.5 cm³/mol. The van der Waals surface area contributed by atoms with Crippen molar-refractivity contribution in [3.63, 3.8) is 0 Å². The minimum absolute atomic E-state index is 0.0750. The lowest BCUT2D eigenvalue weighted by molar-refractivity contribution is -0.104. The SMILES string of the molecule is C[C@H]1C[C@@]2(CCN1C(=O)O)OCCc1cc(C=O)sc12. The maximum absolute atomic E-state index is 11.2. The smallest absolute Gasteiger partial charge is 0.407 e. The third-order valence-electron chi connectivity index (χ3n) is 4.27. The van der Waals surface area contributed by atoms with Crippen molar-refractivity contribution in [2.45, 2.75) is 37.8 Å². The molecular weight excluding hydrogens is 278 g/mol. The molecule has 0 radical (unpaired) electrons. The van der Waals surface area contributed by atoms with Crippen molar-refractivity contribution in [1.29, 1.82) is 0 Å². The lowest BCUT2D eigenvalue weighted by Crippen LogP contribution is -2.51. The highest BCUT2D eigenvalue weighted by Gasteiger charge is 2.45. The van der Waals surface area contributed by atoms with Gasteiger partial charge in [-0.3, -0.25) is 4.79 Å². The summed E-state index contributed by atoms with van der Waals surface area (Å²) in [5.41, 5.74) is 0.796. The van der Waals surface area contributed by atoms with Crippen LogP contribution in [0.2, 0.25) is 0 Å². The molecule has 1 saturated heterocycles. The Morgan fingerprint density at radius 3 is 3.10 bits per heavy atom. The average Bonchev–Trinajstić information content (AvgIpc) is 2.83. The summed E-state index contributed by atoms with van der Waals surface area (Å²) >= 11 is 1.49. The van der Waals surface area contributed by atoms with Crippen LogP contribution in [-0.2, 0) is 16.8 Å². The summed E-state index contributed by atoms with van der Waals surface area (Å²) in [6, 6.07) is 1.87. The summed E-state index contributed by atoms with van der Waals surface area (Å²) in [5, 5.41) is 9.17. The maximum atomic E-state index is 11.2. The first-order valence-electron chi connectivity index (χ1n) is 6.77. The Morgan fingerprint density at radius 1 is 1.65 bits per heavy atom. The molecule has 1 N–H and O–H groups in total. The Hall–Kier alpha value is -1.40. The van der Waals surface area contributed by atoms with Crippen LogP contribution in [0.4, 0.5) is 4.79 Å². The predicted octanol–water partition coefficient (Wildman–Crippen LogP) is 2.49. The van der Waals surface area contributed by atoms with Gasteiger partial charge in [-0.05, 0) is 31.4 Å². The number of hydrogen-bond acceptors (Lipinski definition) is 4. The van der Waals surface area contributed by atoms with E-state index in [1.807, 2.05) is 13.0 Å². The summed E-state index contributed by atoms with van der Waals surface area (Å²) < 4.78 is 6.06. The molecule has 5 nitrogen and oxygen atoms in total. The molecule has 0 aliphatic carbocycles. The number of ether oxygens (including phenoxy) is 1. The van der Waals surface area contributed by atoms with Crippen LogP contribution >= 0.6 is 11.3 Å². The molecule has 2 aliphatic heterocycles. The van der Waals surface area contributed by atoms with Crippen LogP contribution in [0.3, 0.4) is 0 Å². The van der Waals surface area contributed by atoms with Crippen molar-refractivity contribution >= 4 is 23.7 Å². The standard InChI is InChI=1S/C14H17NO4S/c1-9-7-14(3-4-15(9)13(17)18)12-10(2-5-19-14)6-11(8-16)20-12/h6,8-9H,2-5,7H2,1H3,(H,17,18)/t9-,14+/m0/s1. The lowest BCUT2D eigenvalue weighted by Gasteiger charge is -2.46. The summed E-state index contributed by atoms with van der Waals surface area (Å²) in [5.74, 6) is 0. The van der Waals surface area contributed by atoms with Crippen LogP contribution in [0.25, 0.3) is 0 Å². The molecule has 6 heteroatoms. The quantitative estimate of drug-likeness (QED) is 0.808. The number of fused-ring (bicyclic) bond motifs is 2. The van der Waals surface area contributed by atoms with Gasteiger partial charge in [0.05, 0.1) is 11.5 Å². The maximum Gasteiger partial charge on any atom is 0.407 e. The molecule has 2 aliphatic rings. The lowest BCUT2D eigenvalue weighted by atomic mass is 9.82. The molecule has 20 heavy (non-hydrogen) atoms. The topological polar surface area (TPSA) is 66.8 Å². The number of carbonyl (C=O) groups excluding carboxylic acids is 1. The van der Waals surface area contributed by atoms with Gasteiger partial charge in [-0.25, -0.2) is 4.79 Å². The van der Waals surface area contributed by atoms with E-state index >= 15 is 0 Å². The number of thiophene rings is 1. The van der Waals surface area contributed by atoms with Crippen molar-refractivity contribution < 1.29 is 19.4 Å². The fourth-order valence-electron chi connectivity index (χ4n) is 3.33. The fourth-order valence-corrected chi connectivity index (χ4v) is 4.54. The largest absolute Gasteiger partial charge is 0.465 e. The summed E-state index contributed by atoms with van der Waals surface area (Å²) in [4.78, 5) is 25.5. The summed E-state index contributed by atoms with van der Waals surface area (Å²) in [6.45, 7) is 3.03. The second-order valence-corrected chi connectivity index (χ2v) is 6.58. The number of piperidine rings is 1. The number of likely N-dealkylation sites (tertiary alicyclic amines) is 1. The molecule has 0 bridgehead atoms. The Bertz CT molecular complexity index is 555. The average molecular weight is 295 g/mol. The zero-order valence-electron chi connectivity index (χ0n) is 11.3. The molecule has 1 spiro atoms. The van der Waals surface area contributed by atoms with Crippen LogP contribution in [0.15, 0.2) is 6.07 Å². The van der Waals surface area contributed by atoms with E-state index in [0.717, 1.165) is 22.5 Å². The molecule has 1 aromatic rings. The van der Waals surface area contributed by atoms with Gasteiger partial charge >= 0.3 is 6.09 Å². The number of carboxylic acid groups (broad SMARTS) is 1. The highest BCUT2D eigenvalue weighted by molar-refractivity contribution is 7.14. The minimum atomic E-state index is -0.872. The van der Waals surface area contributed by atoms with E-state index in [2.05, 4.69) is 0 Å². The highest BCUT2D eigenvalue weighted by Crippen LogP contribution is 2.46. The second-order valence-electron chi connectivity index (χ2n) is 5.49. The molecule has 0 aromatic carbocycles. The Labute approximate surface area is 121 Å². The van der Waals surface area contributed by atoms with E-state index in [-0.39, 0.29) is 6.04 Å². The van der Waals surface area contributed by atoms with Crippen molar-refractivity contribution in [2.75, 3.05) is 13.2 Å².